The zero-order chi connectivity index (χ0) is 15.0. The number of hydrogen-bond acceptors (Lipinski definition) is 1. The number of hydrogen-bond donors (Lipinski definition) is 2. The van der Waals surface area contributed by atoms with Crippen LogP contribution in [-0.4, -0.2) is 4.98 Å². The summed E-state index contributed by atoms with van der Waals surface area (Å²) in [5, 5.41) is 3.63. The highest BCUT2D eigenvalue weighted by Crippen LogP contribution is 2.35. The lowest BCUT2D eigenvalue weighted by Crippen LogP contribution is -2.04. The number of benzene rings is 2. The number of fused-ring (bicyclic) bond motifs is 1. The molecule has 0 amide bonds. The van der Waals surface area contributed by atoms with Crippen LogP contribution in [0, 0.1) is 0 Å². The molecule has 0 saturated heterocycles. The fourth-order valence-corrected chi connectivity index (χ4v) is 2.49. The minimum absolute atomic E-state index is 0.501. The van der Waals surface area contributed by atoms with Gasteiger partial charge in [-0.2, -0.15) is 13.2 Å². The van der Waals surface area contributed by atoms with Crippen LogP contribution in [0.25, 0.3) is 10.9 Å². The number of nitrogens with one attached hydrogen (secondary N) is 2. The van der Waals surface area contributed by atoms with Crippen LogP contribution < -0.4 is 5.32 Å². The summed E-state index contributed by atoms with van der Waals surface area (Å²) in [5.74, 6) is 0. The molecule has 0 aliphatic heterocycles. The molecule has 0 radical (unpaired) electrons. The van der Waals surface area contributed by atoms with Gasteiger partial charge in [0.15, 0.2) is 0 Å². The Morgan fingerprint density at radius 3 is 2.48 bits per heavy atom. The van der Waals surface area contributed by atoms with Crippen LogP contribution in [0.1, 0.15) is 5.56 Å². The summed E-state index contributed by atoms with van der Waals surface area (Å²) in [6.07, 6.45) is -2.69. The number of aromatic amines is 1. The van der Waals surface area contributed by atoms with E-state index in [4.69, 9.17) is 0 Å². The van der Waals surface area contributed by atoms with Gasteiger partial charge in [-0.3, -0.25) is 0 Å². The van der Waals surface area contributed by atoms with Crippen LogP contribution in [0.3, 0.4) is 0 Å². The van der Waals surface area contributed by atoms with E-state index < -0.39 is 11.7 Å². The van der Waals surface area contributed by atoms with Crippen LogP contribution >= 0.6 is 15.9 Å². The summed E-state index contributed by atoms with van der Waals surface area (Å²) >= 11 is 3.40. The van der Waals surface area contributed by atoms with E-state index in [1.807, 2.05) is 24.3 Å². The first-order valence-electron chi connectivity index (χ1n) is 6.15. The van der Waals surface area contributed by atoms with Crippen LogP contribution in [-0.2, 0) is 6.18 Å². The minimum atomic E-state index is -4.35. The number of halogens is 4. The van der Waals surface area contributed by atoms with Crippen molar-refractivity contribution in [3.05, 3.63) is 58.7 Å². The van der Waals surface area contributed by atoms with Crippen LogP contribution in [0.2, 0.25) is 0 Å². The predicted octanol–water partition coefficient (Wildman–Crippen LogP) is 5.69. The Hall–Kier alpha value is -1.95. The highest BCUT2D eigenvalue weighted by atomic mass is 79.9. The molecular formula is C15H10BrF3N2. The van der Waals surface area contributed by atoms with E-state index >= 15 is 0 Å². The average Bonchev–Trinajstić information content (AvgIpc) is 2.83. The molecule has 3 aromatic rings. The van der Waals surface area contributed by atoms with Crippen molar-refractivity contribution in [2.45, 2.75) is 6.18 Å². The fourth-order valence-electron chi connectivity index (χ4n) is 2.11. The van der Waals surface area contributed by atoms with E-state index in [1.54, 1.807) is 6.20 Å². The number of alkyl halides is 3. The maximum Gasteiger partial charge on any atom is 0.416 e. The van der Waals surface area contributed by atoms with E-state index in [0.29, 0.717) is 16.6 Å². The SMILES string of the molecule is FC(F)(F)c1ccc2[nH]cc(Nc3ccccc3Br)c2c1. The van der Waals surface area contributed by atoms with Gasteiger partial charge in [-0.25, -0.2) is 0 Å². The van der Waals surface area contributed by atoms with Crippen molar-refractivity contribution >= 4 is 38.2 Å². The third-order valence-electron chi connectivity index (χ3n) is 3.15. The van der Waals surface area contributed by atoms with Gasteiger partial charge in [0, 0.05) is 21.6 Å². The topological polar surface area (TPSA) is 27.8 Å². The summed E-state index contributed by atoms with van der Waals surface area (Å²) in [5.41, 5.74) is 1.38. The molecule has 1 aromatic heterocycles. The Bertz CT molecular complexity index is 793. The third kappa shape index (κ3) is 2.76. The Kier molecular flexibility index (Phi) is 3.41. The van der Waals surface area contributed by atoms with E-state index in [-0.39, 0.29) is 0 Å². The van der Waals surface area contributed by atoms with Gasteiger partial charge < -0.3 is 10.3 Å². The van der Waals surface area contributed by atoms with Crippen molar-refractivity contribution in [3.8, 4) is 0 Å². The second kappa shape index (κ2) is 5.11. The second-order valence-electron chi connectivity index (χ2n) is 4.57. The quantitative estimate of drug-likeness (QED) is 0.607. The molecule has 0 aliphatic rings. The molecule has 6 heteroatoms. The van der Waals surface area contributed by atoms with Gasteiger partial charge >= 0.3 is 6.18 Å². The summed E-state index contributed by atoms with van der Waals surface area (Å²) in [4.78, 5) is 2.96. The first-order valence-corrected chi connectivity index (χ1v) is 6.94. The van der Waals surface area contributed by atoms with Crippen molar-refractivity contribution in [1.82, 2.24) is 4.98 Å². The van der Waals surface area contributed by atoms with Gasteiger partial charge in [0.2, 0.25) is 0 Å². The van der Waals surface area contributed by atoms with Gasteiger partial charge in [0.1, 0.15) is 0 Å². The van der Waals surface area contributed by atoms with Gasteiger partial charge in [-0.15, -0.1) is 0 Å². The number of para-hydroxylation sites is 1. The Balaban J connectivity index is 2.05. The van der Waals surface area contributed by atoms with Gasteiger partial charge in [-0.1, -0.05) is 12.1 Å². The average molecular weight is 355 g/mol. The zero-order valence-electron chi connectivity index (χ0n) is 10.6. The zero-order valence-corrected chi connectivity index (χ0v) is 12.2. The Labute approximate surface area is 127 Å². The molecule has 3 rings (SSSR count). The Morgan fingerprint density at radius 2 is 1.76 bits per heavy atom. The van der Waals surface area contributed by atoms with Crippen molar-refractivity contribution in [3.63, 3.8) is 0 Å². The minimum Gasteiger partial charge on any atom is -0.359 e. The first-order chi connectivity index (χ1) is 9.95. The standard InChI is InChI=1S/C15H10BrF3N2/c16-11-3-1-2-4-13(11)21-14-8-20-12-6-5-9(7-10(12)14)15(17,18)19/h1-8,20-21H. The van der Waals surface area contributed by atoms with Crippen LogP contribution in [0.5, 0.6) is 0 Å². The Morgan fingerprint density at radius 1 is 1.00 bits per heavy atom. The summed E-state index contributed by atoms with van der Waals surface area (Å²) in [7, 11) is 0. The lowest BCUT2D eigenvalue weighted by atomic mass is 10.1. The molecule has 21 heavy (non-hydrogen) atoms. The van der Waals surface area contributed by atoms with E-state index in [2.05, 4.69) is 26.2 Å². The predicted molar refractivity (Wildman–Crippen MR) is 80.7 cm³/mol. The number of H-pyrrole nitrogens is 1. The maximum absolute atomic E-state index is 12.8. The summed E-state index contributed by atoms with van der Waals surface area (Å²) in [6.45, 7) is 0. The summed E-state index contributed by atoms with van der Waals surface area (Å²) < 4.78 is 39.3. The maximum atomic E-state index is 12.8. The van der Waals surface area contributed by atoms with Gasteiger partial charge in [0.05, 0.1) is 16.9 Å². The normalized spacial score (nSPS) is 11.8. The van der Waals surface area contributed by atoms with E-state index in [9.17, 15) is 13.2 Å². The molecule has 0 atom stereocenters. The number of rotatable bonds is 2. The van der Waals surface area contributed by atoms with E-state index in [1.165, 1.54) is 6.07 Å². The molecule has 0 spiro atoms. The van der Waals surface area contributed by atoms with Crippen LogP contribution in [0.15, 0.2) is 53.1 Å². The van der Waals surface area contributed by atoms with Crippen molar-refractivity contribution in [2.75, 3.05) is 5.32 Å². The van der Waals surface area contributed by atoms with Crippen molar-refractivity contribution in [2.24, 2.45) is 0 Å². The lowest BCUT2D eigenvalue weighted by molar-refractivity contribution is -0.137. The molecule has 0 bridgehead atoms. The largest absolute Gasteiger partial charge is 0.416 e. The molecule has 0 aliphatic carbocycles. The lowest BCUT2D eigenvalue weighted by Gasteiger charge is -2.09. The molecule has 2 N–H and O–H groups in total. The highest BCUT2D eigenvalue weighted by Gasteiger charge is 2.30. The van der Waals surface area contributed by atoms with E-state index in [0.717, 1.165) is 22.3 Å². The molecule has 108 valence electrons. The smallest absolute Gasteiger partial charge is 0.359 e. The fraction of sp³-hybridized carbons (Fsp3) is 0.0667. The molecule has 2 nitrogen and oxygen atoms in total. The molecule has 0 saturated carbocycles. The molecule has 2 aromatic carbocycles. The third-order valence-corrected chi connectivity index (χ3v) is 3.84. The molecule has 0 unspecified atom stereocenters. The van der Waals surface area contributed by atoms with Crippen molar-refractivity contribution < 1.29 is 13.2 Å². The van der Waals surface area contributed by atoms with Gasteiger partial charge in [-0.05, 0) is 46.3 Å². The number of aromatic nitrogens is 1. The van der Waals surface area contributed by atoms with Crippen molar-refractivity contribution in [1.29, 1.82) is 0 Å². The molecule has 0 fully saturated rings. The molecular weight excluding hydrogens is 345 g/mol. The van der Waals surface area contributed by atoms with Gasteiger partial charge in [0.25, 0.3) is 0 Å². The van der Waals surface area contributed by atoms with Crippen LogP contribution in [0.4, 0.5) is 24.5 Å². The highest BCUT2D eigenvalue weighted by molar-refractivity contribution is 9.10. The molecule has 1 heterocycles. The summed E-state index contributed by atoms with van der Waals surface area (Å²) in [6, 6.07) is 11.1. The second-order valence-corrected chi connectivity index (χ2v) is 5.42. The first kappa shape index (κ1) is 14.0. The monoisotopic (exact) mass is 354 g/mol. The number of anilines is 2.